The Morgan fingerprint density at radius 1 is 1.31 bits per heavy atom. The third-order valence-corrected chi connectivity index (χ3v) is 4.47. The van der Waals surface area contributed by atoms with Crippen molar-refractivity contribution in [2.24, 2.45) is 0 Å². The molecule has 1 unspecified atom stereocenters. The molecule has 0 radical (unpaired) electrons. The van der Waals surface area contributed by atoms with Crippen molar-refractivity contribution in [2.75, 3.05) is 26.4 Å². The van der Waals surface area contributed by atoms with Crippen LogP contribution in [-0.2, 0) is 11.2 Å². The van der Waals surface area contributed by atoms with Crippen LogP contribution in [0.15, 0.2) is 30.7 Å². The van der Waals surface area contributed by atoms with E-state index in [-0.39, 0.29) is 11.9 Å². The second-order valence-electron chi connectivity index (χ2n) is 6.14. The molecule has 1 aliphatic heterocycles. The minimum Gasteiger partial charge on any atom is -0.477 e. The van der Waals surface area contributed by atoms with Gasteiger partial charge in [0.1, 0.15) is 5.56 Å². The molecular weight excluding hydrogens is 332 g/mol. The third-order valence-electron chi connectivity index (χ3n) is 4.47. The Bertz CT molecular complexity index is 753. The zero-order chi connectivity index (χ0) is 18.4. The number of carbonyl (C=O) groups excluding carboxylic acids is 1. The molecule has 1 amide bonds. The van der Waals surface area contributed by atoms with Crippen LogP contribution < -0.4 is 4.74 Å². The van der Waals surface area contributed by atoms with Gasteiger partial charge in [-0.05, 0) is 38.8 Å². The van der Waals surface area contributed by atoms with Crippen molar-refractivity contribution in [3.05, 3.63) is 47.7 Å². The molecule has 2 aromatic heterocycles. The molecule has 1 aliphatic rings. The van der Waals surface area contributed by atoms with Crippen LogP contribution >= 0.6 is 0 Å². The van der Waals surface area contributed by atoms with E-state index in [0.717, 1.165) is 24.2 Å². The van der Waals surface area contributed by atoms with Gasteiger partial charge in [0.25, 0.3) is 5.91 Å². The second-order valence-corrected chi connectivity index (χ2v) is 6.14. The Kier molecular flexibility index (Phi) is 6.12. The highest BCUT2D eigenvalue weighted by molar-refractivity contribution is 5.96. The van der Waals surface area contributed by atoms with Crippen molar-refractivity contribution in [3.8, 4) is 5.88 Å². The van der Waals surface area contributed by atoms with Crippen molar-refractivity contribution < 1.29 is 14.3 Å². The van der Waals surface area contributed by atoms with Crippen LogP contribution in [0.1, 0.15) is 35.1 Å². The van der Waals surface area contributed by atoms with Crippen molar-refractivity contribution in [3.63, 3.8) is 0 Å². The number of hydrogen-bond donors (Lipinski definition) is 0. The van der Waals surface area contributed by atoms with Crippen LogP contribution in [0.5, 0.6) is 5.88 Å². The molecule has 138 valence electrons. The zero-order valence-electron chi connectivity index (χ0n) is 15.2. The van der Waals surface area contributed by atoms with Crippen LogP contribution in [0.4, 0.5) is 0 Å². The first-order chi connectivity index (χ1) is 12.7. The molecule has 7 heteroatoms. The van der Waals surface area contributed by atoms with Crippen molar-refractivity contribution in [1.82, 2.24) is 19.9 Å². The summed E-state index contributed by atoms with van der Waals surface area (Å²) >= 11 is 0. The monoisotopic (exact) mass is 356 g/mol. The lowest BCUT2D eigenvalue weighted by Crippen LogP contribution is -2.49. The van der Waals surface area contributed by atoms with Crippen LogP contribution in [0, 0.1) is 6.92 Å². The van der Waals surface area contributed by atoms with Crippen LogP contribution in [0.25, 0.3) is 0 Å². The summed E-state index contributed by atoms with van der Waals surface area (Å²) < 4.78 is 11.1. The average molecular weight is 356 g/mol. The Morgan fingerprint density at radius 3 is 2.96 bits per heavy atom. The van der Waals surface area contributed by atoms with Gasteiger partial charge in [-0.1, -0.05) is 0 Å². The highest BCUT2D eigenvalue weighted by atomic mass is 16.5. The van der Waals surface area contributed by atoms with Gasteiger partial charge in [0.15, 0.2) is 0 Å². The number of aryl methyl sites for hydroxylation is 2. The molecule has 0 aromatic carbocycles. The van der Waals surface area contributed by atoms with Crippen molar-refractivity contribution >= 4 is 5.91 Å². The van der Waals surface area contributed by atoms with E-state index in [2.05, 4.69) is 15.0 Å². The van der Waals surface area contributed by atoms with Gasteiger partial charge in [0.05, 0.1) is 37.3 Å². The SMILES string of the molecule is CCOc1ncccc1C(=O)N1CCOCC1CCc1nccnc1C. The Balaban J connectivity index is 1.74. The number of aromatic nitrogens is 3. The van der Waals surface area contributed by atoms with Gasteiger partial charge in [0.2, 0.25) is 5.88 Å². The van der Waals surface area contributed by atoms with E-state index in [1.54, 1.807) is 30.7 Å². The summed E-state index contributed by atoms with van der Waals surface area (Å²) in [4.78, 5) is 27.8. The molecule has 1 fully saturated rings. The Morgan fingerprint density at radius 2 is 2.15 bits per heavy atom. The summed E-state index contributed by atoms with van der Waals surface area (Å²) in [6.07, 6.45) is 6.55. The van der Waals surface area contributed by atoms with Crippen LogP contribution in [-0.4, -0.2) is 58.2 Å². The predicted octanol–water partition coefficient (Wildman–Crippen LogP) is 2.05. The van der Waals surface area contributed by atoms with E-state index in [4.69, 9.17) is 9.47 Å². The second kappa shape index (κ2) is 8.71. The molecule has 3 heterocycles. The number of pyridine rings is 1. The van der Waals surface area contributed by atoms with E-state index < -0.39 is 0 Å². The van der Waals surface area contributed by atoms with E-state index >= 15 is 0 Å². The van der Waals surface area contributed by atoms with E-state index in [1.807, 2.05) is 18.7 Å². The molecule has 7 nitrogen and oxygen atoms in total. The molecule has 1 saturated heterocycles. The topological polar surface area (TPSA) is 77.4 Å². The lowest BCUT2D eigenvalue weighted by atomic mass is 10.0. The number of morpholine rings is 1. The van der Waals surface area contributed by atoms with Crippen molar-refractivity contribution in [1.29, 1.82) is 0 Å². The van der Waals surface area contributed by atoms with Gasteiger partial charge in [-0.2, -0.15) is 0 Å². The first-order valence-corrected chi connectivity index (χ1v) is 8.93. The summed E-state index contributed by atoms with van der Waals surface area (Å²) in [5.41, 5.74) is 2.38. The molecular formula is C19H24N4O3. The Hall–Kier alpha value is -2.54. The van der Waals surface area contributed by atoms with E-state index in [9.17, 15) is 4.79 Å². The number of rotatable bonds is 6. The maximum atomic E-state index is 13.1. The fourth-order valence-electron chi connectivity index (χ4n) is 3.11. The van der Waals surface area contributed by atoms with Crippen LogP contribution in [0.2, 0.25) is 0 Å². The zero-order valence-corrected chi connectivity index (χ0v) is 15.2. The van der Waals surface area contributed by atoms with Gasteiger partial charge >= 0.3 is 0 Å². The van der Waals surface area contributed by atoms with Crippen molar-refractivity contribution in [2.45, 2.75) is 32.7 Å². The molecule has 0 N–H and O–H groups in total. The maximum Gasteiger partial charge on any atom is 0.259 e. The normalized spacial score (nSPS) is 17.2. The van der Waals surface area contributed by atoms with Gasteiger partial charge in [0, 0.05) is 25.1 Å². The minimum absolute atomic E-state index is 0.00709. The molecule has 0 aliphatic carbocycles. The number of carbonyl (C=O) groups is 1. The molecule has 2 aromatic rings. The van der Waals surface area contributed by atoms with Gasteiger partial charge in [-0.15, -0.1) is 0 Å². The fraction of sp³-hybridized carbons (Fsp3) is 0.474. The quantitative estimate of drug-likeness (QED) is 0.788. The number of hydrogen-bond acceptors (Lipinski definition) is 6. The smallest absolute Gasteiger partial charge is 0.259 e. The predicted molar refractivity (Wildman–Crippen MR) is 96.1 cm³/mol. The summed E-state index contributed by atoms with van der Waals surface area (Å²) in [6.45, 7) is 5.92. The molecule has 0 spiro atoms. The summed E-state index contributed by atoms with van der Waals surface area (Å²) in [6, 6.07) is 3.51. The summed E-state index contributed by atoms with van der Waals surface area (Å²) in [5, 5.41) is 0. The number of amides is 1. The number of ether oxygens (including phenoxy) is 2. The van der Waals surface area contributed by atoms with E-state index in [1.165, 1.54) is 0 Å². The molecule has 3 rings (SSSR count). The lowest BCUT2D eigenvalue weighted by molar-refractivity contribution is -0.00435. The summed E-state index contributed by atoms with van der Waals surface area (Å²) in [7, 11) is 0. The Labute approximate surface area is 153 Å². The summed E-state index contributed by atoms with van der Waals surface area (Å²) in [5.74, 6) is 0.320. The van der Waals surface area contributed by atoms with E-state index in [0.29, 0.717) is 37.8 Å². The van der Waals surface area contributed by atoms with Gasteiger partial charge in [-0.3, -0.25) is 14.8 Å². The fourth-order valence-corrected chi connectivity index (χ4v) is 3.11. The third kappa shape index (κ3) is 4.16. The van der Waals surface area contributed by atoms with Gasteiger partial charge in [-0.25, -0.2) is 4.98 Å². The highest BCUT2D eigenvalue weighted by Gasteiger charge is 2.30. The average Bonchev–Trinajstić information content (AvgIpc) is 2.68. The standard InChI is InChI=1S/C19H24N4O3/c1-3-26-18-16(5-4-8-22-18)19(24)23-11-12-25-13-15(23)6-7-17-14(2)20-9-10-21-17/h4-5,8-10,15H,3,6-7,11-13H2,1-2H3. The molecule has 0 saturated carbocycles. The first-order valence-electron chi connectivity index (χ1n) is 8.93. The molecule has 0 bridgehead atoms. The lowest BCUT2D eigenvalue weighted by Gasteiger charge is -2.36. The van der Waals surface area contributed by atoms with Crippen LogP contribution in [0.3, 0.4) is 0 Å². The molecule has 26 heavy (non-hydrogen) atoms. The van der Waals surface area contributed by atoms with Gasteiger partial charge < -0.3 is 14.4 Å². The first kappa shape index (κ1) is 18.3. The molecule has 1 atom stereocenters. The highest BCUT2D eigenvalue weighted by Crippen LogP contribution is 2.21. The largest absolute Gasteiger partial charge is 0.477 e. The maximum absolute atomic E-state index is 13.1. The minimum atomic E-state index is -0.0642. The number of nitrogens with zero attached hydrogens (tertiary/aromatic N) is 4.